The predicted molar refractivity (Wildman–Crippen MR) is 63.9 cm³/mol. The Morgan fingerprint density at radius 1 is 1.53 bits per heavy atom. The molecule has 1 aliphatic heterocycles. The van der Waals surface area contributed by atoms with Gasteiger partial charge in [0.25, 0.3) is 5.91 Å². The zero-order chi connectivity index (χ0) is 12.4. The number of benzene rings is 1. The van der Waals surface area contributed by atoms with Crippen molar-refractivity contribution in [2.24, 2.45) is 5.73 Å². The molecule has 0 bridgehead atoms. The van der Waals surface area contributed by atoms with E-state index in [9.17, 15) is 4.79 Å². The third kappa shape index (κ3) is 2.11. The lowest BCUT2D eigenvalue weighted by atomic mass is 10.1. The number of hydrogen-bond acceptors (Lipinski definition) is 4. The molecule has 3 N–H and O–H groups in total. The topological polar surface area (TPSA) is 75.8 Å². The molecule has 92 valence electrons. The minimum atomic E-state index is -0.516. The zero-order valence-electron chi connectivity index (χ0n) is 9.72. The molecule has 0 aromatic heterocycles. The zero-order valence-corrected chi connectivity index (χ0v) is 9.72. The van der Waals surface area contributed by atoms with Crippen molar-refractivity contribution in [1.29, 1.82) is 0 Å². The standard InChI is InChI=1S/C12H16N2O3/c1-8-12(16)14(4-5-15)10-6-9(7-13)2-3-11(10)17-8/h2-3,6,8,15H,4-5,7,13H2,1H3. The Morgan fingerprint density at radius 3 is 2.94 bits per heavy atom. The minimum absolute atomic E-state index is 0.0786. The Balaban J connectivity index is 2.43. The summed E-state index contributed by atoms with van der Waals surface area (Å²) in [4.78, 5) is 13.5. The van der Waals surface area contributed by atoms with Gasteiger partial charge in [0.15, 0.2) is 6.10 Å². The van der Waals surface area contributed by atoms with Gasteiger partial charge in [-0.05, 0) is 24.6 Å². The van der Waals surface area contributed by atoms with Crippen LogP contribution in [0.25, 0.3) is 0 Å². The fraction of sp³-hybridized carbons (Fsp3) is 0.417. The van der Waals surface area contributed by atoms with Crippen LogP contribution in [0.1, 0.15) is 12.5 Å². The quantitative estimate of drug-likeness (QED) is 0.789. The summed E-state index contributed by atoms with van der Waals surface area (Å²) in [6.07, 6.45) is -0.516. The van der Waals surface area contributed by atoms with Crippen LogP contribution in [-0.2, 0) is 11.3 Å². The molecule has 5 heteroatoms. The van der Waals surface area contributed by atoms with Crippen LogP contribution in [0.15, 0.2) is 18.2 Å². The number of nitrogens with zero attached hydrogens (tertiary/aromatic N) is 1. The summed E-state index contributed by atoms with van der Waals surface area (Å²) in [7, 11) is 0. The lowest BCUT2D eigenvalue weighted by Gasteiger charge is -2.32. The number of ether oxygens (including phenoxy) is 1. The number of carbonyl (C=O) groups excluding carboxylic acids is 1. The first-order valence-corrected chi connectivity index (χ1v) is 5.59. The van der Waals surface area contributed by atoms with Crippen LogP contribution in [0, 0.1) is 0 Å². The normalized spacial score (nSPS) is 18.9. The van der Waals surface area contributed by atoms with Crippen LogP contribution in [0.4, 0.5) is 5.69 Å². The van der Waals surface area contributed by atoms with Gasteiger partial charge in [-0.3, -0.25) is 4.79 Å². The molecule has 2 rings (SSSR count). The van der Waals surface area contributed by atoms with E-state index in [1.165, 1.54) is 0 Å². The van der Waals surface area contributed by atoms with Crippen molar-refractivity contribution in [3.63, 3.8) is 0 Å². The molecule has 1 aliphatic rings. The Hall–Kier alpha value is -1.59. The second-order valence-corrected chi connectivity index (χ2v) is 3.98. The summed E-state index contributed by atoms with van der Waals surface area (Å²) in [5.74, 6) is 0.517. The number of anilines is 1. The molecule has 1 heterocycles. The van der Waals surface area contributed by atoms with Gasteiger partial charge < -0.3 is 20.5 Å². The summed E-state index contributed by atoms with van der Waals surface area (Å²) in [5.41, 5.74) is 7.18. The van der Waals surface area contributed by atoms with Crippen molar-refractivity contribution in [1.82, 2.24) is 0 Å². The Kier molecular flexibility index (Phi) is 3.31. The molecule has 5 nitrogen and oxygen atoms in total. The third-order valence-electron chi connectivity index (χ3n) is 2.79. The Morgan fingerprint density at radius 2 is 2.29 bits per heavy atom. The smallest absolute Gasteiger partial charge is 0.267 e. The van der Waals surface area contributed by atoms with Gasteiger partial charge in [-0.25, -0.2) is 0 Å². The molecule has 0 fully saturated rings. The monoisotopic (exact) mass is 236 g/mol. The molecule has 1 aromatic rings. The number of rotatable bonds is 3. The average molecular weight is 236 g/mol. The fourth-order valence-electron chi connectivity index (χ4n) is 1.91. The molecule has 0 saturated heterocycles. The summed E-state index contributed by atoms with van der Waals surface area (Å²) in [6, 6.07) is 5.51. The van der Waals surface area contributed by atoms with Crippen molar-refractivity contribution in [2.45, 2.75) is 19.6 Å². The maximum Gasteiger partial charge on any atom is 0.267 e. The van der Waals surface area contributed by atoms with E-state index in [1.807, 2.05) is 18.2 Å². The SMILES string of the molecule is CC1Oc2ccc(CN)cc2N(CCO)C1=O. The van der Waals surface area contributed by atoms with Crippen molar-refractivity contribution in [3.8, 4) is 5.75 Å². The minimum Gasteiger partial charge on any atom is -0.479 e. The van der Waals surface area contributed by atoms with E-state index >= 15 is 0 Å². The van der Waals surface area contributed by atoms with E-state index < -0.39 is 6.10 Å². The molecule has 1 aromatic carbocycles. The van der Waals surface area contributed by atoms with Gasteiger partial charge in [-0.15, -0.1) is 0 Å². The first kappa shape index (κ1) is 11.9. The number of nitrogens with two attached hydrogens (primary N) is 1. The van der Waals surface area contributed by atoms with Gasteiger partial charge in [0, 0.05) is 13.1 Å². The molecule has 1 amide bonds. The van der Waals surface area contributed by atoms with Crippen LogP contribution in [0.3, 0.4) is 0 Å². The number of β-amino-alcohol motifs (C(OH)–C–C–N with tert-alkyl or cyclic N) is 1. The number of fused-ring (bicyclic) bond motifs is 1. The third-order valence-corrected chi connectivity index (χ3v) is 2.79. The van der Waals surface area contributed by atoms with E-state index in [-0.39, 0.29) is 19.1 Å². The van der Waals surface area contributed by atoms with E-state index in [0.717, 1.165) is 5.56 Å². The van der Waals surface area contributed by atoms with E-state index in [4.69, 9.17) is 15.6 Å². The number of hydrogen-bond donors (Lipinski definition) is 2. The molecule has 17 heavy (non-hydrogen) atoms. The van der Waals surface area contributed by atoms with Crippen LogP contribution in [0.2, 0.25) is 0 Å². The van der Waals surface area contributed by atoms with Crippen LogP contribution in [-0.4, -0.2) is 30.3 Å². The van der Waals surface area contributed by atoms with Gasteiger partial charge in [-0.1, -0.05) is 6.07 Å². The largest absolute Gasteiger partial charge is 0.479 e. The maximum atomic E-state index is 11.9. The predicted octanol–water partition coefficient (Wildman–Crippen LogP) is 0.252. The molecule has 0 aliphatic carbocycles. The molecule has 0 saturated carbocycles. The average Bonchev–Trinajstić information content (AvgIpc) is 2.34. The number of aliphatic hydroxyl groups excluding tert-OH is 1. The van der Waals surface area contributed by atoms with Gasteiger partial charge in [-0.2, -0.15) is 0 Å². The fourth-order valence-corrected chi connectivity index (χ4v) is 1.91. The highest BCUT2D eigenvalue weighted by atomic mass is 16.5. The van der Waals surface area contributed by atoms with Crippen molar-refractivity contribution < 1.29 is 14.6 Å². The summed E-state index contributed by atoms with van der Waals surface area (Å²) < 4.78 is 5.51. The highest BCUT2D eigenvalue weighted by molar-refractivity contribution is 5.99. The lowest BCUT2D eigenvalue weighted by molar-refractivity contribution is -0.125. The second kappa shape index (κ2) is 4.73. The van der Waals surface area contributed by atoms with Gasteiger partial charge in [0.2, 0.25) is 0 Å². The highest BCUT2D eigenvalue weighted by Gasteiger charge is 2.30. The molecule has 0 radical (unpaired) electrons. The Labute approximate surface area is 99.8 Å². The van der Waals surface area contributed by atoms with Crippen LogP contribution < -0.4 is 15.4 Å². The Bertz CT molecular complexity index is 434. The summed E-state index contributed by atoms with van der Waals surface area (Å²) in [5, 5.41) is 9.02. The number of amides is 1. The van der Waals surface area contributed by atoms with Crippen molar-refractivity contribution in [2.75, 3.05) is 18.1 Å². The first-order chi connectivity index (χ1) is 8.17. The summed E-state index contributed by atoms with van der Waals surface area (Å²) >= 11 is 0. The molecular weight excluding hydrogens is 220 g/mol. The van der Waals surface area contributed by atoms with Crippen LogP contribution >= 0.6 is 0 Å². The molecule has 1 atom stereocenters. The first-order valence-electron chi connectivity index (χ1n) is 5.59. The summed E-state index contributed by atoms with van der Waals surface area (Å²) in [6.45, 7) is 2.30. The van der Waals surface area contributed by atoms with E-state index in [1.54, 1.807) is 11.8 Å². The number of carbonyl (C=O) groups is 1. The molecule has 0 spiro atoms. The molecule has 1 unspecified atom stereocenters. The van der Waals surface area contributed by atoms with Crippen molar-refractivity contribution >= 4 is 11.6 Å². The highest BCUT2D eigenvalue weighted by Crippen LogP contribution is 2.34. The van der Waals surface area contributed by atoms with Crippen molar-refractivity contribution in [3.05, 3.63) is 23.8 Å². The van der Waals surface area contributed by atoms with E-state index in [0.29, 0.717) is 18.0 Å². The van der Waals surface area contributed by atoms with Gasteiger partial charge in [0.1, 0.15) is 5.75 Å². The van der Waals surface area contributed by atoms with Crippen LogP contribution in [0.5, 0.6) is 5.75 Å². The van der Waals surface area contributed by atoms with Gasteiger partial charge >= 0.3 is 0 Å². The molecular formula is C12H16N2O3. The van der Waals surface area contributed by atoms with E-state index in [2.05, 4.69) is 0 Å². The maximum absolute atomic E-state index is 11.9. The lowest BCUT2D eigenvalue weighted by Crippen LogP contribution is -2.45. The van der Waals surface area contributed by atoms with Gasteiger partial charge in [0.05, 0.1) is 12.3 Å². The number of aliphatic hydroxyl groups is 1. The second-order valence-electron chi connectivity index (χ2n) is 3.98.